The number of carbonyl (C=O) groups excluding carboxylic acids is 4. The fourth-order valence-electron chi connectivity index (χ4n) is 11.4. The second kappa shape index (κ2) is 65.7. The van der Waals surface area contributed by atoms with Crippen molar-refractivity contribution in [3.05, 3.63) is 0 Å². The molecule has 0 heterocycles. The minimum absolute atomic E-state index is 0.104. The van der Waals surface area contributed by atoms with Gasteiger partial charge in [0.15, 0.2) is 12.2 Å². The van der Waals surface area contributed by atoms with E-state index in [1.807, 2.05) is 0 Å². The minimum Gasteiger partial charge on any atom is -0.462 e. The predicted octanol–water partition coefficient (Wildman–Crippen LogP) is 21.8. The Hall–Kier alpha value is -1.94. The monoisotopic (exact) mass is 1380 g/mol. The summed E-state index contributed by atoms with van der Waals surface area (Å²) in [6, 6.07) is 0. The summed E-state index contributed by atoms with van der Waals surface area (Å²) in [6.45, 7) is 11.9. The van der Waals surface area contributed by atoms with Crippen LogP contribution in [-0.2, 0) is 65.4 Å². The van der Waals surface area contributed by atoms with Crippen LogP contribution in [0.15, 0.2) is 0 Å². The smallest absolute Gasteiger partial charge is 0.462 e. The van der Waals surface area contributed by atoms with E-state index in [0.29, 0.717) is 25.7 Å². The van der Waals surface area contributed by atoms with Crippen molar-refractivity contribution in [3.63, 3.8) is 0 Å². The lowest BCUT2D eigenvalue weighted by atomic mass is 9.99. The largest absolute Gasteiger partial charge is 0.472 e. The highest BCUT2D eigenvalue weighted by Crippen LogP contribution is 2.45. The second-order valence-corrected chi connectivity index (χ2v) is 31.1. The van der Waals surface area contributed by atoms with Gasteiger partial charge in [-0.05, 0) is 43.4 Å². The number of aliphatic hydroxyl groups is 1. The molecule has 0 aliphatic carbocycles. The van der Waals surface area contributed by atoms with E-state index in [1.54, 1.807) is 0 Å². The van der Waals surface area contributed by atoms with Gasteiger partial charge in [-0.2, -0.15) is 0 Å². The Kier molecular flexibility index (Phi) is 64.3. The van der Waals surface area contributed by atoms with Gasteiger partial charge in [0.25, 0.3) is 0 Å². The summed E-state index contributed by atoms with van der Waals surface area (Å²) in [6.07, 6.45) is 51.4. The first kappa shape index (κ1) is 92.1. The fraction of sp³-hybridized carbons (Fsp3) is 0.947. The highest BCUT2D eigenvalue weighted by atomic mass is 31.2. The topological polar surface area (TPSA) is 237 Å². The number of hydrogen-bond donors (Lipinski definition) is 3. The Labute approximate surface area is 575 Å². The number of hydrogen-bond acceptors (Lipinski definition) is 15. The molecule has 0 radical (unpaired) electrons. The van der Waals surface area contributed by atoms with Crippen LogP contribution in [0.3, 0.4) is 0 Å². The average molecular weight is 1380 g/mol. The molecule has 0 amide bonds. The Morgan fingerprint density at radius 2 is 0.543 bits per heavy atom. The summed E-state index contributed by atoms with van der Waals surface area (Å²) in [4.78, 5) is 72.7. The van der Waals surface area contributed by atoms with E-state index in [-0.39, 0.29) is 25.7 Å². The van der Waals surface area contributed by atoms with Crippen molar-refractivity contribution in [1.82, 2.24) is 0 Å². The molecule has 0 bridgehead atoms. The molecule has 0 aliphatic rings. The third-order valence-corrected chi connectivity index (χ3v) is 19.6. The SMILES string of the molecule is CCCCCCCCCCCCC(=O)OC[C@H](COP(=O)(O)OC[C@H](O)COP(=O)(O)OC[C@@H](COC(=O)CCCCCCCCCCC(C)CC)OC(=O)CCCCCCCCCCCCCCCCCCCCC(C)C)OC(=O)CCCCCCCCCCC(C)C. The van der Waals surface area contributed by atoms with Crippen LogP contribution in [0.25, 0.3) is 0 Å². The van der Waals surface area contributed by atoms with Crippen molar-refractivity contribution < 1.29 is 80.2 Å². The number of esters is 4. The maximum Gasteiger partial charge on any atom is 0.472 e. The van der Waals surface area contributed by atoms with Gasteiger partial charge in [-0.15, -0.1) is 0 Å². The number of ether oxygens (including phenoxy) is 4. The van der Waals surface area contributed by atoms with Crippen LogP contribution in [0.1, 0.15) is 382 Å². The van der Waals surface area contributed by atoms with Gasteiger partial charge in [-0.1, -0.05) is 331 Å². The Balaban J connectivity index is 5.19. The van der Waals surface area contributed by atoms with Gasteiger partial charge in [0.2, 0.25) is 0 Å². The molecule has 0 aromatic carbocycles. The summed E-state index contributed by atoms with van der Waals surface area (Å²) in [7, 11) is -9.91. The molecular weight excluding hydrogens is 1230 g/mol. The Morgan fingerprint density at radius 3 is 0.809 bits per heavy atom. The molecule has 0 saturated carbocycles. The number of phosphoric acid groups is 2. The zero-order chi connectivity index (χ0) is 69.4. The molecule has 0 spiro atoms. The summed E-state index contributed by atoms with van der Waals surface area (Å²) < 4.78 is 68.4. The molecule has 3 N–H and O–H groups in total. The van der Waals surface area contributed by atoms with Crippen LogP contribution in [-0.4, -0.2) is 96.7 Å². The second-order valence-electron chi connectivity index (χ2n) is 28.2. The first-order valence-electron chi connectivity index (χ1n) is 38.9. The highest BCUT2D eigenvalue weighted by molar-refractivity contribution is 7.47. The third-order valence-electron chi connectivity index (χ3n) is 17.7. The first-order chi connectivity index (χ1) is 45.3. The average Bonchev–Trinajstić information content (AvgIpc) is 1.42. The third kappa shape index (κ3) is 67.3. The summed E-state index contributed by atoms with van der Waals surface area (Å²) in [5, 5.41) is 10.6. The van der Waals surface area contributed by atoms with E-state index >= 15 is 0 Å². The van der Waals surface area contributed by atoms with Crippen molar-refractivity contribution in [1.29, 1.82) is 0 Å². The van der Waals surface area contributed by atoms with E-state index in [2.05, 4.69) is 48.5 Å². The van der Waals surface area contributed by atoms with Crippen LogP contribution in [0, 0.1) is 17.8 Å². The molecule has 0 fully saturated rings. The quantitative estimate of drug-likeness (QED) is 0.0222. The highest BCUT2D eigenvalue weighted by Gasteiger charge is 2.30. The lowest BCUT2D eigenvalue weighted by molar-refractivity contribution is -0.161. The number of unbranched alkanes of at least 4 members (excludes halogenated alkanes) is 40. The zero-order valence-corrected chi connectivity index (χ0v) is 63.2. The normalized spacial score (nSPS) is 14.4. The van der Waals surface area contributed by atoms with Crippen LogP contribution < -0.4 is 0 Å². The van der Waals surface area contributed by atoms with Crippen molar-refractivity contribution in [2.45, 2.75) is 401 Å². The molecule has 0 rings (SSSR count). The molecule has 0 aliphatic heterocycles. The van der Waals surface area contributed by atoms with Crippen molar-refractivity contribution in [2.75, 3.05) is 39.6 Å². The maximum atomic E-state index is 13.1. The number of phosphoric ester groups is 2. The van der Waals surface area contributed by atoms with Gasteiger partial charge >= 0.3 is 39.5 Å². The van der Waals surface area contributed by atoms with Gasteiger partial charge in [0.1, 0.15) is 19.3 Å². The lowest BCUT2D eigenvalue weighted by Crippen LogP contribution is -2.30. The molecule has 94 heavy (non-hydrogen) atoms. The van der Waals surface area contributed by atoms with Crippen molar-refractivity contribution in [3.8, 4) is 0 Å². The first-order valence-corrected chi connectivity index (χ1v) is 41.9. The molecule has 3 unspecified atom stereocenters. The number of rotatable bonds is 73. The molecule has 0 aromatic heterocycles. The lowest BCUT2D eigenvalue weighted by Gasteiger charge is -2.21. The fourth-order valence-corrected chi connectivity index (χ4v) is 13.0. The molecule has 0 saturated heterocycles. The van der Waals surface area contributed by atoms with Gasteiger partial charge in [-0.25, -0.2) is 9.13 Å². The van der Waals surface area contributed by atoms with Crippen LogP contribution >= 0.6 is 15.6 Å². The Morgan fingerprint density at radius 1 is 0.309 bits per heavy atom. The molecule has 17 nitrogen and oxygen atoms in total. The number of carbonyl (C=O) groups is 4. The van der Waals surface area contributed by atoms with Gasteiger partial charge in [-0.3, -0.25) is 37.3 Å². The molecule has 558 valence electrons. The summed E-state index contributed by atoms with van der Waals surface area (Å²) in [5.41, 5.74) is 0. The van der Waals surface area contributed by atoms with Crippen molar-refractivity contribution >= 4 is 39.5 Å². The molecular formula is C75H146O17P2. The number of aliphatic hydroxyl groups excluding tert-OH is 1. The summed E-state index contributed by atoms with van der Waals surface area (Å²) in [5.74, 6) is 0.194. The van der Waals surface area contributed by atoms with Gasteiger partial charge in [0.05, 0.1) is 26.4 Å². The van der Waals surface area contributed by atoms with Gasteiger partial charge < -0.3 is 33.8 Å². The van der Waals surface area contributed by atoms with E-state index < -0.39 is 97.5 Å². The minimum atomic E-state index is -4.96. The van der Waals surface area contributed by atoms with Crippen LogP contribution in [0.4, 0.5) is 0 Å². The Bertz CT molecular complexity index is 1840. The maximum absolute atomic E-state index is 13.1. The summed E-state index contributed by atoms with van der Waals surface area (Å²) >= 11 is 0. The van der Waals surface area contributed by atoms with E-state index in [4.69, 9.17) is 37.0 Å². The van der Waals surface area contributed by atoms with Gasteiger partial charge in [0, 0.05) is 25.7 Å². The van der Waals surface area contributed by atoms with E-state index in [1.165, 1.54) is 193 Å². The molecule has 19 heteroatoms. The van der Waals surface area contributed by atoms with Crippen molar-refractivity contribution in [2.24, 2.45) is 17.8 Å². The standard InChI is InChI=1S/C75H146O17P2/c1-8-10-11-12-13-14-26-35-42-49-56-72(77)85-62-71(92-75(80)59-52-45-38-30-28-33-40-47-54-67(5)6)65-90-94(83,84)88-61-69(76)60-87-93(81,82)89-64-70(63-86-73(78)57-50-43-36-31-29-34-41-48-55-68(7)9-2)91-74(79)58-51-44-37-27-24-22-20-18-16-15-17-19-21-23-25-32-39-46-53-66(3)4/h66-71,76H,8-65H2,1-7H3,(H,81,82)(H,83,84)/t68?,69-,70-,71-/m1/s1. The van der Waals surface area contributed by atoms with E-state index in [9.17, 15) is 43.2 Å². The molecule has 0 aromatic rings. The molecule has 6 atom stereocenters. The van der Waals surface area contributed by atoms with Crippen LogP contribution in [0.5, 0.6) is 0 Å². The van der Waals surface area contributed by atoms with Crippen LogP contribution in [0.2, 0.25) is 0 Å². The predicted molar refractivity (Wildman–Crippen MR) is 381 cm³/mol. The zero-order valence-electron chi connectivity index (χ0n) is 61.4. The van der Waals surface area contributed by atoms with E-state index in [0.717, 1.165) is 108 Å².